The maximum atomic E-state index is 12.8. The molecule has 4 atom stereocenters. The van der Waals surface area contributed by atoms with Gasteiger partial charge in [-0.2, -0.15) is 0 Å². The molecule has 0 aromatic heterocycles. The van der Waals surface area contributed by atoms with E-state index in [1.54, 1.807) is 12.1 Å². The fourth-order valence-electron chi connectivity index (χ4n) is 4.45. The van der Waals surface area contributed by atoms with Gasteiger partial charge >= 0.3 is 11.9 Å². The maximum Gasteiger partial charge on any atom is 0.335 e. The number of hydrogen-bond acceptors (Lipinski definition) is 6. The predicted molar refractivity (Wildman–Crippen MR) is 127 cm³/mol. The lowest BCUT2D eigenvalue weighted by Gasteiger charge is -2.42. The highest BCUT2D eigenvalue weighted by Crippen LogP contribution is 2.30. The molecule has 1 aromatic rings. The summed E-state index contributed by atoms with van der Waals surface area (Å²) in [7, 11) is 1.97. The van der Waals surface area contributed by atoms with E-state index in [0.29, 0.717) is 28.5 Å². The first kappa shape index (κ1) is 28.3. The van der Waals surface area contributed by atoms with Gasteiger partial charge in [0.1, 0.15) is 0 Å². The SMILES string of the molecule is CN(C(=O)Cc1ccc(Cl)c(Cl)c1)[C@H]1CCCC[C@H]1N1CCCC1.O=C(O)C(O)C(O)C(=O)O. The van der Waals surface area contributed by atoms with E-state index in [2.05, 4.69) is 4.90 Å². The van der Waals surface area contributed by atoms with Crippen LogP contribution in [-0.4, -0.2) is 92.5 Å². The third-order valence-electron chi connectivity index (χ3n) is 6.34. The monoisotopic (exact) mass is 518 g/mol. The number of aliphatic hydroxyl groups excluding tert-OH is 2. The second-order valence-corrected chi connectivity index (χ2v) is 9.47. The third-order valence-corrected chi connectivity index (χ3v) is 7.08. The molecule has 4 N–H and O–H groups in total. The Balaban J connectivity index is 0.000000347. The number of hydrogen-bond donors (Lipinski definition) is 4. The minimum atomic E-state index is -2.27. The van der Waals surface area contributed by atoms with Crippen molar-refractivity contribution in [1.29, 1.82) is 0 Å². The molecule has 0 radical (unpaired) electrons. The van der Waals surface area contributed by atoms with Crippen molar-refractivity contribution >= 4 is 41.0 Å². The van der Waals surface area contributed by atoms with Crippen LogP contribution in [0.2, 0.25) is 10.0 Å². The number of carbonyl (C=O) groups is 3. The Labute approximate surface area is 208 Å². The van der Waals surface area contributed by atoms with Crippen molar-refractivity contribution < 1.29 is 34.8 Å². The Morgan fingerprint density at radius 3 is 2.06 bits per heavy atom. The zero-order valence-electron chi connectivity index (χ0n) is 19.1. The van der Waals surface area contributed by atoms with Gasteiger partial charge < -0.3 is 25.3 Å². The summed E-state index contributed by atoms with van der Waals surface area (Å²) in [5.74, 6) is -3.37. The van der Waals surface area contributed by atoms with E-state index in [0.717, 1.165) is 12.0 Å². The molecular weight excluding hydrogens is 487 g/mol. The van der Waals surface area contributed by atoms with Crippen molar-refractivity contribution in [1.82, 2.24) is 9.80 Å². The number of likely N-dealkylation sites (N-methyl/N-ethyl adjacent to an activating group) is 1. The number of rotatable bonds is 7. The number of aliphatic carboxylic acids is 2. The van der Waals surface area contributed by atoms with Crippen LogP contribution in [0.15, 0.2) is 18.2 Å². The lowest BCUT2D eigenvalue weighted by Crippen LogP contribution is -2.53. The van der Waals surface area contributed by atoms with Gasteiger partial charge in [0.05, 0.1) is 16.5 Å². The van der Waals surface area contributed by atoms with E-state index in [1.807, 2.05) is 18.0 Å². The molecule has 1 amide bonds. The van der Waals surface area contributed by atoms with Gasteiger partial charge in [-0.25, -0.2) is 9.59 Å². The fraction of sp³-hybridized carbons (Fsp3) is 0.609. The molecule has 34 heavy (non-hydrogen) atoms. The topological polar surface area (TPSA) is 139 Å². The van der Waals surface area contributed by atoms with E-state index in [9.17, 15) is 14.4 Å². The highest BCUT2D eigenvalue weighted by Gasteiger charge is 2.35. The Hall–Kier alpha value is -1.91. The summed E-state index contributed by atoms with van der Waals surface area (Å²) in [6.45, 7) is 2.38. The number of halogens is 2. The molecule has 2 unspecified atom stereocenters. The molecule has 11 heteroatoms. The van der Waals surface area contributed by atoms with Crippen LogP contribution in [0, 0.1) is 0 Å². The van der Waals surface area contributed by atoms with E-state index in [1.165, 1.54) is 45.2 Å². The molecule has 3 rings (SSSR count). The highest BCUT2D eigenvalue weighted by molar-refractivity contribution is 6.42. The number of benzene rings is 1. The van der Waals surface area contributed by atoms with Crippen molar-refractivity contribution in [3.05, 3.63) is 33.8 Å². The number of carboxylic acid groups (broad SMARTS) is 2. The number of aliphatic hydroxyl groups is 2. The van der Waals surface area contributed by atoms with Gasteiger partial charge in [-0.05, 0) is 56.5 Å². The van der Waals surface area contributed by atoms with E-state index in [4.69, 9.17) is 43.6 Å². The quantitative estimate of drug-likeness (QED) is 0.431. The van der Waals surface area contributed by atoms with E-state index < -0.39 is 24.1 Å². The van der Waals surface area contributed by atoms with Crippen molar-refractivity contribution in [3.8, 4) is 0 Å². The molecule has 9 nitrogen and oxygen atoms in total. The minimum Gasteiger partial charge on any atom is -0.479 e. The van der Waals surface area contributed by atoms with Crippen molar-refractivity contribution in [2.75, 3.05) is 20.1 Å². The van der Waals surface area contributed by atoms with Crippen LogP contribution in [0.4, 0.5) is 0 Å². The molecule has 1 saturated heterocycles. The molecule has 2 aliphatic rings. The largest absolute Gasteiger partial charge is 0.479 e. The second-order valence-electron chi connectivity index (χ2n) is 8.66. The maximum absolute atomic E-state index is 12.8. The first-order valence-electron chi connectivity index (χ1n) is 11.3. The molecule has 1 saturated carbocycles. The zero-order chi connectivity index (χ0) is 25.4. The van der Waals surface area contributed by atoms with Crippen LogP contribution in [0.25, 0.3) is 0 Å². The van der Waals surface area contributed by atoms with Crippen LogP contribution in [0.1, 0.15) is 44.1 Å². The smallest absolute Gasteiger partial charge is 0.335 e. The van der Waals surface area contributed by atoms with Crippen LogP contribution >= 0.6 is 23.2 Å². The summed E-state index contributed by atoms with van der Waals surface area (Å²) in [4.78, 5) is 36.9. The first-order valence-corrected chi connectivity index (χ1v) is 12.0. The van der Waals surface area contributed by atoms with Gasteiger partial charge in [-0.15, -0.1) is 0 Å². The molecule has 0 spiro atoms. The Morgan fingerprint density at radius 1 is 0.971 bits per heavy atom. The van der Waals surface area contributed by atoms with Crippen molar-refractivity contribution in [2.24, 2.45) is 0 Å². The standard InChI is InChI=1S/C19H26Cl2N2O.C4H6O6/c1-22(19(24)13-14-8-9-15(20)16(21)12-14)17-6-2-3-7-18(17)23-10-4-5-11-23;5-1(3(7)8)2(6)4(9)10/h8-9,12,17-18H,2-7,10-11,13H2,1H3;1-2,5-6H,(H,7,8)(H,9,10)/t17-,18+;/m0./s1. The number of amides is 1. The average molecular weight is 519 g/mol. The molecule has 2 fully saturated rings. The molecular formula is C23H32Cl2N2O7. The van der Waals surface area contributed by atoms with Gasteiger partial charge in [0.15, 0.2) is 12.2 Å². The summed E-state index contributed by atoms with van der Waals surface area (Å²) >= 11 is 12.0. The van der Waals surface area contributed by atoms with Crippen LogP contribution in [0.3, 0.4) is 0 Å². The summed E-state index contributed by atoms with van der Waals surface area (Å²) in [5.41, 5.74) is 0.926. The van der Waals surface area contributed by atoms with Gasteiger partial charge in [0, 0.05) is 19.1 Å². The van der Waals surface area contributed by atoms with Crippen LogP contribution in [-0.2, 0) is 20.8 Å². The Bertz CT molecular complexity index is 846. The molecule has 1 aliphatic heterocycles. The lowest BCUT2D eigenvalue weighted by atomic mass is 9.88. The van der Waals surface area contributed by atoms with Crippen LogP contribution < -0.4 is 0 Å². The van der Waals surface area contributed by atoms with Gasteiger partial charge in [-0.3, -0.25) is 9.69 Å². The summed E-state index contributed by atoms with van der Waals surface area (Å²) in [6.07, 6.45) is 3.28. The van der Waals surface area contributed by atoms with Crippen molar-refractivity contribution in [3.63, 3.8) is 0 Å². The number of likely N-dealkylation sites (tertiary alicyclic amines) is 1. The fourth-order valence-corrected chi connectivity index (χ4v) is 4.77. The van der Waals surface area contributed by atoms with Gasteiger partial charge in [0.25, 0.3) is 0 Å². The lowest BCUT2D eigenvalue weighted by molar-refractivity contribution is -0.165. The summed E-state index contributed by atoms with van der Waals surface area (Å²) in [5, 5.41) is 33.6. The molecule has 1 heterocycles. The van der Waals surface area contributed by atoms with Crippen LogP contribution in [0.5, 0.6) is 0 Å². The van der Waals surface area contributed by atoms with E-state index >= 15 is 0 Å². The number of nitrogens with zero attached hydrogens (tertiary/aromatic N) is 2. The van der Waals surface area contributed by atoms with E-state index in [-0.39, 0.29) is 5.91 Å². The highest BCUT2D eigenvalue weighted by atomic mass is 35.5. The zero-order valence-corrected chi connectivity index (χ0v) is 20.6. The summed E-state index contributed by atoms with van der Waals surface area (Å²) < 4.78 is 0. The molecule has 1 aromatic carbocycles. The molecule has 1 aliphatic carbocycles. The van der Waals surface area contributed by atoms with Gasteiger partial charge in [-0.1, -0.05) is 42.1 Å². The Kier molecular flexibility index (Phi) is 11.0. The number of carbonyl (C=O) groups excluding carboxylic acids is 1. The molecule has 190 valence electrons. The Morgan fingerprint density at radius 2 is 1.53 bits per heavy atom. The molecule has 0 bridgehead atoms. The van der Waals surface area contributed by atoms with Gasteiger partial charge in [0.2, 0.25) is 5.91 Å². The summed E-state index contributed by atoms with van der Waals surface area (Å²) in [6, 6.07) is 6.32. The number of carboxylic acids is 2. The second kappa shape index (κ2) is 13.3. The third kappa shape index (κ3) is 7.81. The first-order chi connectivity index (χ1) is 16.0. The normalized spacial score (nSPS) is 22.3. The minimum absolute atomic E-state index is 0.171. The van der Waals surface area contributed by atoms with Crippen molar-refractivity contribution in [2.45, 2.75) is 69.2 Å². The predicted octanol–water partition coefficient (Wildman–Crippen LogP) is 2.28. The average Bonchev–Trinajstić information content (AvgIpc) is 3.35.